The lowest BCUT2D eigenvalue weighted by Crippen LogP contribution is -2.37. The molecule has 0 spiro atoms. The van der Waals surface area contributed by atoms with Crippen LogP contribution in [0.5, 0.6) is 0 Å². The van der Waals surface area contributed by atoms with Gasteiger partial charge in [-0.05, 0) is 18.3 Å². The molecule has 0 aromatic rings. The first-order valence-electron chi connectivity index (χ1n) is 3.93. The van der Waals surface area contributed by atoms with Gasteiger partial charge in [0.25, 0.3) is 0 Å². The second-order valence-electron chi connectivity index (χ2n) is 3.34. The Labute approximate surface area is 62.2 Å². The molecule has 0 aromatic carbocycles. The van der Waals surface area contributed by atoms with Gasteiger partial charge in [-0.15, -0.1) is 0 Å². The summed E-state index contributed by atoms with van der Waals surface area (Å²) < 4.78 is 0. The number of piperidine rings is 1. The van der Waals surface area contributed by atoms with Crippen molar-refractivity contribution in [2.45, 2.75) is 20.3 Å². The first-order valence-corrected chi connectivity index (χ1v) is 3.93. The third kappa shape index (κ3) is 1.49. The number of amides is 1. The van der Waals surface area contributed by atoms with E-state index in [0.717, 1.165) is 25.4 Å². The fraction of sp³-hybridized carbons (Fsp3) is 0.875. The number of likely N-dealkylation sites (tertiary alicyclic amines) is 1. The summed E-state index contributed by atoms with van der Waals surface area (Å²) in [5.74, 6) is 1.47. The number of nitrogens with zero attached hydrogens (tertiary/aromatic N) is 1. The van der Waals surface area contributed by atoms with Gasteiger partial charge in [-0.2, -0.15) is 0 Å². The number of rotatable bonds is 1. The average molecular weight is 141 g/mol. The summed E-state index contributed by atoms with van der Waals surface area (Å²) in [6.45, 7) is 6.37. The molecule has 2 nitrogen and oxygen atoms in total. The van der Waals surface area contributed by atoms with E-state index in [1.807, 2.05) is 4.90 Å². The van der Waals surface area contributed by atoms with Gasteiger partial charge in [0.05, 0.1) is 0 Å². The van der Waals surface area contributed by atoms with Crippen LogP contribution in [0.25, 0.3) is 0 Å². The van der Waals surface area contributed by atoms with E-state index in [1.165, 1.54) is 6.42 Å². The Morgan fingerprint density at radius 3 is 2.60 bits per heavy atom. The van der Waals surface area contributed by atoms with Crippen molar-refractivity contribution in [1.82, 2.24) is 4.90 Å². The molecule has 1 amide bonds. The smallest absolute Gasteiger partial charge is 0.209 e. The monoisotopic (exact) mass is 141 g/mol. The van der Waals surface area contributed by atoms with Gasteiger partial charge in [-0.1, -0.05) is 13.8 Å². The summed E-state index contributed by atoms with van der Waals surface area (Å²) in [5, 5.41) is 0. The molecule has 0 aliphatic carbocycles. The second kappa shape index (κ2) is 3.04. The van der Waals surface area contributed by atoms with Crippen molar-refractivity contribution < 1.29 is 4.79 Å². The van der Waals surface area contributed by atoms with Crippen molar-refractivity contribution in [3.05, 3.63) is 0 Å². The van der Waals surface area contributed by atoms with E-state index in [9.17, 15) is 4.79 Å². The molecule has 0 radical (unpaired) electrons. The van der Waals surface area contributed by atoms with E-state index < -0.39 is 0 Å². The first-order chi connectivity index (χ1) is 4.74. The number of hydrogen-bond donors (Lipinski definition) is 0. The third-order valence-electron chi connectivity index (χ3n) is 2.51. The summed E-state index contributed by atoms with van der Waals surface area (Å²) in [4.78, 5) is 12.2. The molecule has 0 saturated carbocycles. The van der Waals surface area contributed by atoms with Crippen molar-refractivity contribution in [2.75, 3.05) is 13.1 Å². The fourth-order valence-electron chi connectivity index (χ4n) is 1.39. The fourth-order valence-corrected chi connectivity index (χ4v) is 1.39. The highest BCUT2D eigenvalue weighted by atomic mass is 16.1. The minimum atomic E-state index is 0.680. The molecule has 1 aliphatic heterocycles. The molecule has 0 bridgehead atoms. The average Bonchev–Trinajstić information content (AvgIpc) is 1.95. The minimum Gasteiger partial charge on any atom is -0.345 e. The molecular formula is C8H15NO. The lowest BCUT2D eigenvalue weighted by atomic mass is 9.89. The summed E-state index contributed by atoms with van der Waals surface area (Å²) in [6, 6.07) is 0. The van der Waals surface area contributed by atoms with Crippen LogP contribution in [0.4, 0.5) is 0 Å². The van der Waals surface area contributed by atoms with E-state index in [-0.39, 0.29) is 0 Å². The van der Waals surface area contributed by atoms with Crippen LogP contribution in [0.1, 0.15) is 20.3 Å². The van der Waals surface area contributed by atoms with E-state index in [4.69, 9.17) is 0 Å². The Hall–Kier alpha value is -0.530. The zero-order chi connectivity index (χ0) is 7.56. The quantitative estimate of drug-likeness (QED) is 0.501. The Kier molecular flexibility index (Phi) is 2.30. The van der Waals surface area contributed by atoms with Gasteiger partial charge in [0.2, 0.25) is 6.41 Å². The van der Waals surface area contributed by atoms with Gasteiger partial charge in [-0.3, -0.25) is 4.79 Å². The van der Waals surface area contributed by atoms with Crippen LogP contribution >= 0.6 is 0 Å². The molecule has 1 saturated heterocycles. The van der Waals surface area contributed by atoms with Crippen LogP contribution < -0.4 is 0 Å². The maximum absolute atomic E-state index is 10.3. The largest absolute Gasteiger partial charge is 0.345 e. The van der Waals surface area contributed by atoms with E-state index in [1.54, 1.807) is 0 Å². The summed E-state index contributed by atoms with van der Waals surface area (Å²) in [6.07, 6.45) is 2.13. The number of carbonyl (C=O) groups is 1. The Bertz CT molecular complexity index is 124. The van der Waals surface area contributed by atoms with E-state index >= 15 is 0 Å². The molecule has 0 aromatic heterocycles. The van der Waals surface area contributed by atoms with Crippen LogP contribution in [-0.2, 0) is 4.79 Å². The molecule has 1 aliphatic rings. The lowest BCUT2D eigenvalue weighted by molar-refractivity contribution is -0.120. The molecule has 2 unspecified atom stereocenters. The third-order valence-corrected chi connectivity index (χ3v) is 2.51. The van der Waals surface area contributed by atoms with Gasteiger partial charge in [0, 0.05) is 13.1 Å². The predicted octanol–water partition coefficient (Wildman–Crippen LogP) is 1.12. The van der Waals surface area contributed by atoms with Crippen molar-refractivity contribution in [2.24, 2.45) is 11.8 Å². The molecule has 10 heavy (non-hydrogen) atoms. The second-order valence-corrected chi connectivity index (χ2v) is 3.34. The summed E-state index contributed by atoms with van der Waals surface area (Å²) in [5.41, 5.74) is 0. The molecule has 2 heteroatoms. The zero-order valence-electron chi connectivity index (χ0n) is 6.71. The van der Waals surface area contributed by atoms with Gasteiger partial charge >= 0.3 is 0 Å². The van der Waals surface area contributed by atoms with Gasteiger partial charge in [-0.25, -0.2) is 0 Å². The molecule has 2 atom stereocenters. The molecule has 0 N–H and O–H groups in total. The molecule has 1 rings (SSSR count). The highest BCUT2D eigenvalue weighted by Crippen LogP contribution is 2.20. The Morgan fingerprint density at radius 1 is 1.40 bits per heavy atom. The van der Waals surface area contributed by atoms with Crippen molar-refractivity contribution in [3.8, 4) is 0 Å². The van der Waals surface area contributed by atoms with Crippen LogP contribution in [0, 0.1) is 11.8 Å². The topological polar surface area (TPSA) is 20.3 Å². The molecule has 1 heterocycles. The molecule has 58 valence electrons. The minimum absolute atomic E-state index is 0.680. The SMILES string of the molecule is CC1CCN(C=O)CC1C. The summed E-state index contributed by atoms with van der Waals surface area (Å²) in [7, 11) is 0. The normalized spacial score (nSPS) is 34.0. The highest BCUT2D eigenvalue weighted by Gasteiger charge is 2.20. The maximum atomic E-state index is 10.3. The highest BCUT2D eigenvalue weighted by molar-refractivity contribution is 5.47. The Balaban J connectivity index is 2.40. The maximum Gasteiger partial charge on any atom is 0.209 e. The molecular weight excluding hydrogens is 126 g/mol. The number of hydrogen-bond acceptors (Lipinski definition) is 1. The van der Waals surface area contributed by atoms with Gasteiger partial charge < -0.3 is 4.90 Å². The lowest BCUT2D eigenvalue weighted by Gasteiger charge is -2.32. The van der Waals surface area contributed by atoms with Crippen LogP contribution in [0.15, 0.2) is 0 Å². The number of carbonyl (C=O) groups excluding carboxylic acids is 1. The van der Waals surface area contributed by atoms with E-state index in [0.29, 0.717) is 5.92 Å². The van der Waals surface area contributed by atoms with Crippen molar-refractivity contribution >= 4 is 6.41 Å². The van der Waals surface area contributed by atoms with Crippen molar-refractivity contribution in [3.63, 3.8) is 0 Å². The van der Waals surface area contributed by atoms with Crippen LogP contribution in [-0.4, -0.2) is 24.4 Å². The van der Waals surface area contributed by atoms with Crippen LogP contribution in [0.2, 0.25) is 0 Å². The first kappa shape index (κ1) is 7.58. The van der Waals surface area contributed by atoms with Crippen LogP contribution in [0.3, 0.4) is 0 Å². The van der Waals surface area contributed by atoms with Crippen molar-refractivity contribution in [1.29, 1.82) is 0 Å². The van der Waals surface area contributed by atoms with E-state index in [2.05, 4.69) is 13.8 Å². The predicted molar refractivity (Wildman–Crippen MR) is 40.6 cm³/mol. The Morgan fingerprint density at radius 2 is 2.10 bits per heavy atom. The van der Waals surface area contributed by atoms with Gasteiger partial charge in [0.15, 0.2) is 0 Å². The van der Waals surface area contributed by atoms with Gasteiger partial charge in [0.1, 0.15) is 0 Å². The zero-order valence-corrected chi connectivity index (χ0v) is 6.71. The standard InChI is InChI=1S/C8H15NO/c1-7-3-4-9(6-10)5-8(7)2/h6-8H,3-5H2,1-2H3. The summed E-state index contributed by atoms with van der Waals surface area (Å²) >= 11 is 0. The molecule has 1 fully saturated rings.